The third-order valence-electron chi connectivity index (χ3n) is 2.01. The Morgan fingerprint density at radius 2 is 1.77 bits per heavy atom. The first kappa shape index (κ1) is 12.8. The Morgan fingerprint density at radius 1 is 1.08 bits per heavy atom. The molecule has 13 heavy (non-hydrogen) atoms. The summed E-state index contributed by atoms with van der Waals surface area (Å²) in [4.78, 5) is 0. The molecule has 0 aromatic rings. The van der Waals surface area contributed by atoms with Crippen LogP contribution in [0, 0.1) is 0 Å². The molecule has 0 bridgehead atoms. The molecule has 0 fully saturated rings. The first-order chi connectivity index (χ1) is 6.20. The average Bonchev–Trinajstić information content (AvgIpc) is 2.12. The van der Waals surface area contributed by atoms with Crippen LogP contribution in [0.15, 0.2) is 24.3 Å². The first-order valence-corrected chi connectivity index (χ1v) is 6.27. The molecule has 76 valence electrons. The monoisotopic (exact) mass is 198 g/mol. The third-order valence-corrected chi connectivity index (χ3v) is 3.11. The summed E-state index contributed by atoms with van der Waals surface area (Å²) in [6, 6.07) is 0. The Balaban J connectivity index is 3.25. The van der Waals surface area contributed by atoms with Gasteiger partial charge in [0.05, 0.1) is 0 Å². The summed E-state index contributed by atoms with van der Waals surface area (Å²) in [6.45, 7) is 12.4. The lowest BCUT2D eigenvalue weighted by molar-refractivity contribution is 0.912. The minimum Gasteiger partial charge on any atom is -0.157 e. The Morgan fingerprint density at radius 3 is 2.31 bits per heavy atom. The van der Waals surface area contributed by atoms with Gasteiger partial charge >= 0.3 is 0 Å². The van der Waals surface area contributed by atoms with Crippen molar-refractivity contribution in [1.29, 1.82) is 0 Å². The molecule has 1 heteroatoms. The number of hydrogen-bond donors (Lipinski definition) is 0. The zero-order chi connectivity index (χ0) is 10.1. The predicted octanol–water partition coefficient (Wildman–Crippen LogP) is 4.43. The van der Waals surface area contributed by atoms with Crippen molar-refractivity contribution in [2.75, 3.05) is 11.5 Å². The summed E-state index contributed by atoms with van der Waals surface area (Å²) in [7, 11) is 0. The molecule has 0 atom stereocenters. The van der Waals surface area contributed by atoms with Crippen molar-refractivity contribution in [3.63, 3.8) is 0 Å². The van der Waals surface area contributed by atoms with Crippen LogP contribution in [0.5, 0.6) is 0 Å². The summed E-state index contributed by atoms with van der Waals surface area (Å²) in [5, 5.41) is 0. The second-order valence-electron chi connectivity index (χ2n) is 3.41. The number of rotatable bonds is 8. The van der Waals surface area contributed by atoms with Crippen molar-refractivity contribution in [2.45, 2.75) is 39.5 Å². The summed E-state index contributed by atoms with van der Waals surface area (Å²) in [5.41, 5.74) is 2.75. The van der Waals surface area contributed by atoms with E-state index in [0.29, 0.717) is 0 Å². The van der Waals surface area contributed by atoms with E-state index in [4.69, 9.17) is 0 Å². The molecule has 0 aliphatic heterocycles. The van der Waals surface area contributed by atoms with Crippen molar-refractivity contribution >= 4 is 11.8 Å². The van der Waals surface area contributed by atoms with Gasteiger partial charge in [-0.2, -0.15) is 11.8 Å². The van der Waals surface area contributed by atoms with E-state index in [9.17, 15) is 0 Å². The summed E-state index contributed by atoms with van der Waals surface area (Å²) in [6.07, 6.45) is 4.69. The molecule has 0 aliphatic rings. The van der Waals surface area contributed by atoms with Crippen molar-refractivity contribution in [3.8, 4) is 0 Å². The molecule has 0 amide bonds. The Labute approximate surface area is 87.5 Å². The smallest absolute Gasteiger partial charge is 0.0140 e. The largest absolute Gasteiger partial charge is 0.157 e. The standard InChI is InChI=1S/C12H22S/c1-5-7-12(4)10-13-9-8-11(3)6-2/h3-10H2,1-2H3. The molecule has 0 radical (unpaired) electrons. The fourth-order valence-corrected chi connectivity index (χ4v) is 2.05. The third kappa shape index (κ3) is 8.17. The second-order valence-corrected chi connectivity index (χ2v) is 4.51. The topological polar surface area (TPSA) is 0 Å². The van der Waals surface area contributed by atoms with Gasteiger partial charge in [0.2, 0.25) is 0 Å². The van der Waals surface area contributed by atoms with Gasteiger partial charge < -0.3 is 0 Å². The fraction of sp³-hybridized carbons (Fsp3) is 0.667. The maximum Gasteiger partial charge on any atom is 0.0140 e. The van der Waals surface area contributed by atoms with Gasteiger partial charge in [0.1, 0.15) is 0 Å². The lowest BCUT2D eigenvalue weighted by Gasteiger charge is -2.04. The number of allylic oxidation sites excluding steroid dienone is 1. The number of thioether (sulfide) groups is 1. The quantitative estimate of drug-likeness (QED) is 0.410. The number of hydrogen-bond acceptors (Lipinski definition) is 1. The highest BCUT2D eigenvalue weighted by atomic mass is 32.2. The lowest BCUT2D eigenvalue weighted by Crippen LogP contribution is -1.89. The van der Waals surface area contributed by atoms with Gasteiger partial charge in [0.15, 0.2) is 0 Å². The Kier molecular flexibility index (Phi) is 8.32. The van der Waals surface area contributed by atoms with E-state index in [2.05, 4.69) is 27.0 Å². The van der Waals surface area contributed by atoms with Crippen LogP contribution >= 0.6 is 11.8 Å². The van der Waals surface area contributed by atoms with Crippen LogP contribution in [-0.2, 0) is 0 Å². The van der Waals surface area contributed by atoms with Gasteiger partial charge in [-0.05, 0) is 25.0 Å². The van der Waals surface area contributed by atoms with Gasteiger partial charge in [0, 0.05) is 5.75 Å². The summed E-state index contributed by atoms with van der Waals surface area (Å²) >= 11 is 1.98. The van der Waals surface area contributed by atoms with E-state index in [0.717, 1.165) is 12.2 Å². The van der Waals surface area contributed by atoms with E-state index >= 15 is 0 Å². The highest BCUT2D eigenvalue weighted by Gasteiger charge is 1.95. The molecule has 0 aliphatic carbocycles. The van der Waals surface area contributed by atoms with E-state index < -0.39 is 0 Å². The molecule has 0 nitrogen and oxygen atoms in total. The van der Waals surface area contributed by atoms with Crippen LogP contribution in [0.4, 0.5) is 0 Å². The molecule has 0 aromatic carbocycles. The molecule has 0 spiro atoms. The van der Waals surface area contributed by atoms with E-state index in [1.165, 1.54) is 36.2 Å². The minimum absolute atomic E-state index is 1.12. The molecule has 0 unspecified atom stereocenters. The van der Waals surface area contributed by atoms with Crippen molar-refractivity contribution < 1.29 is 0 Å². The molecule has 0 heterocycles. The zero-order valence-electron chi connectivity index (χ0n) is 9.07. The van der Waals surface area contributed by atoms with Crippen LogP contribution in [0.2, 0.25) is 0 Å². The predicted molar refractivity (Wildman–Crippen MR) is 65.4 cm³/mol. The molecule has 0 saturated heterocycles. The van der Waals surface area contributed by atoms with Crippen LogP contribution in [0.1, 0.15) is 39.5 Å². The molecular formula is C12H22S. The van der Waals surface area contributed by atoms with Crippen molar-refractivity contribution in [2.24, 2.45) is 0 Å². The Hall–Kier alpha value is -0.170. The van der Waals surface area contributed by atoms with Crippen LogP contribution < -0.4 is 0 Å². The van der Waals surface area contributed by atoms with Crippen LogP contribution in [0.3, 0.4) is 0 Å². The van der Waals surface area contributed by atoms with Gasteiger partial charge in [-0.15, -0.1) is 0 Å². The zero-order valence-corrected chi connectivity index (χ0v) is 9.88. The second kappa shape index (κ2) is 8.43. The molecule has 0 aromatic heterocycles. The fourth-order valence-electron chi connectivity index (χ4n) is 1.04. The van der Waals surface area contributed by atoms with Gasteiger partial charge in [-0.1, -0.05) is 44.6 Å². The van der Waals surface area contributed by atoms with Crippen molar-refractivity contribution in [1.82, 2.24) is 0 Å². The highest BCUT2D eigenvalue weighted by molar-refractivity contribution is 7.99. The van der Waals surface area contributed by atoms with Gasteiger partial charge in [-0.25, -0.2) is 0 Å². The molecule has 0 N–H and O–H groups in total. The van der Waals surface area contributed by atoms with Crippen molar-refractivity contribution in [3.05, 3.63) is 24.3 Å². The van der Waals surface area contributed by atoms with Gasteiger partial charge in [0.25, 0.3) is 0 Å². The van der Waals surface area contributed by atoms with E-state index in [1.54, 1.807) is 0 Å². The first-order valence-electron chi connectivity index (χ1n) is 5.11. The van der Waals surface area contributed by atoms with Gasteiger partial charge in [-0.3, -0.25) is 0 Å². The SMILES string of the molecule is C=C(CC)CCSCC(=C)CCC. The highest BCUT2D eigenvalue weighted by Crippen LogP contribution is 2.14. The Bertz CT molecular complexity index is 159. The lowest BCUT2D eigenvalue weighted by atomic mass is 10.2. The van der Waals surface area contributed by atoms with Crippen LogP contribution in [-0.4, -0.2) is 11.5 Å². The minimum atomic E-state index is 1.12. The maximum atomic E-state index is 4.04. The van der Waals surface area contributed by atoms with E-state index in [-0.39, 0.29) is 0 Å². The van der Waals surface area contributed by atoms with Crippen LogP contribution in [0.25, 0.3) is 0 Å². The average molecular weight is 198 g/mol. The maximum absolute atomic E-state index is 4.04. The normalized spacial score (nSPS) is 10.0. The molecule has 0 saturated carbocycles. The summed E-state index contributed by atoms with van der Waals surface area (Å²) < 4.78 is 0. The van der Waals surface area contributed by atoms with E-state index in [1.807, 2.05) is 11.8 Å². The molecular weight excluding hydrogens is 176 g/mol. The molecule has 0 rings (SSSR count). The summed E-state index contributed by atoms with van der Waals surface area (Å²) in [5.74, 6) is 2.33.